The van der Waals surface area contributed by atoms with Gasteiger partial charge in [0.1, 0.15) is 0 Å². The van der Waals surface area contributed by atoms with E-state index in [1.54, 1.807) is 19.1 Å². The molecule has 160 valence electrons. The SMILES string of the molecule is CCOC(=O)c1ccc(CCNC(=O)c2cc(CC)ccc2N2CCCCC2)cc1. The molecule has 2 aromatic rings. The van der Waals surface area contributed by atoms with Gasteiger partial charge in [-0.05, 0) is 74.4 Å². The van der Waals surface area contributed by atoms with Crippen LogP contribution >= 0.6 is 0 Å². The number of ether oxygens (including phenoxy) is 1. The van der Waals surface area contributed by atoms with Gasteiger partial charge in [0.25, 0.3) is 5.91 Å². The van der Waals surface area contributed by atoms with Gasteiger partial charge >= 0.3 is 5.97 Å². The van der Waals surface area contributed by atoms with Crippen molar-refractivity contribution in [2.75, 3.05) is 31.1 Å². The molecule has 0 spiro atoms. The number of aryl methyl sites for hydroxylation is 1. The molecule has 5 heteroatoms. The van der Waals surface area contributed by atoms with Crippen LogP contribution in [-0.2, 0) is 17.6 Å². The van der Waals surface area contributed by atoms with Crippen LogP contribution in [0, 0.1) is 0 Å². The third-order valence-electron chi connectivity index (χ3n) is 5.57. The zero-order valence-corrected chi connectivity index (χ0v) is 18.1. The van der Waals surface area contributed by atoms with Gasteiger partial charge in [0.05, 0.1) is 17.7 Å². The molecule has 1 heterocycles. The van der Waals surface area contributed by atoms with E-state index in [1.807, 2.05) is 18.2 Å². The summed E-state index contributed by atoms with van der Waals surface area (Å²) in [5.41, 5.74) is 4.61. The van der Waals surface area contributed by atoms with Gasteiger partial charge in [-0.2, -0.15) is 0 Å². The number of carbonyl (C=O) groups is 2. The lowest BCUT2D eigenvalue weighted by Crippen LogP contribution is -2.33. The van der Waals surface area contributed by atoms with Gasteiger partial charge in [-0.3, -0.25) is 4.79 Å². The molecule has 0 unspecified atom stereocenters. The number of amides is 1. The third kappa shape index (κ3) is 5.62. The monoisotopic (exact) mass is 408 g/mol. The number of hydrogen-bond donors (Lipinski definition) is 1. The van der Waals surface area contributed by atoms with E-state index >= 15 is 0 Å². The smallest absolute Gasteiger partial charge is 0.338 e. The molecule has 0 bridgehead atoms. The van der Waals surface area contributed by atoms with E-state index in [0.29, 0.717) is 25.1 Å². The highest BCUT2D eigenvalue weighted by molar-refractivity contribution is 6.00. The molecule has 1 aliphatic rings. The maximum Gasteiger partial charge on any atom is 0.338 e. The Morgan fingerprint density at radius 1 is 0.967 bits per heavy atom. The lowest BCUT2D eigenvalue weighted by atomic mass is 10.0. The molecular formula is C25H32N2O3. The molecule has 3 rings (SSSR count). The lowest BCUT2D eigenvalue weighted by molar-refractivity contribution is 0.0526. The normalized spacial score (nSPS) is 13.7. The quantitative estimate of drug-likeness (QED) is 0.658. The summed E-state index contributed by atoms with van der Waals surface area (Å²) in [4.78, 5) is 27.1. The first-order valence-corrected chi connectivity index (χ1v) is 11.0. The van der Waals surface area contributed by atoms with E-state index in [0.717, 1.165) is 36.3 Å². The average molecular weight is 409 g/mol. The molecule has 0 aliphatic carbocycles. The van der Waals surface area contributed by atoms with Crippen molar-refractivity contribution in [2.45, 2.75) is 46.0 Å². The topological polar surface area (TPSA) is 58.6 Å². The van der Waals surface area contributed by atoms with Crippen molar-refractivity contribution in [1.82, 2.24) is 5.32 Å². The number of hydrogen-bond acceptors (Lipinski definition) is 4. The summed E-state index contributed by atoms with van der Waals surface area (Å²) < 4.78 is 5.01. The first-order valence-electron chi connectivity index (χ1n) is 11.0. The molecule has 1 N–H and O–H groups in total. The highest BCUT2D eigenvalue weighted by Gasteiger charge is 2.19. The fourth-order valence-electron chi connectivity index (χ4n) is 3.83. The standard InChI is InChI=1S/C25H32N2O3/c1-3-19-10-13-23(27-16-6-5-7-17-27)22(18-19)24(28)26-15-14-20-8-11-21(12-9-20)25(29)30-4-2/h8-13,18H,3-7,14-17H2,1-2H3,(H,26,28). The van der Waals surface area contributed by atoms with E-state index < -0.39 is 0 Å². The predicted molar refractivity (Wildman–Crippen MR) is 120 cm³/mol. The second kappa shape index (κ2) is 10.8. The summed E-state index contributed by atoms with van der Waals surface area (Å²) in [5, 5.41) is 3.08. The van der Waals surface area contributed by atoms with Gasteiger partial charge in [-0.15, -0.1) is 0 Å². The minimum atomic E-state index is -0.307. The Kier molecular flexibility index (Phi) is 7.89. The predicted octanol–water partition coefficient (Wildman–Crippen LogP) is 4.39. The molecule has 1 amide bonds. The minimum Gasteiger partial charge on any atom is -0.462 e. The Hall–Kier alpha value is -2.82. The number of carbonyl (C=O) groups excluding carboxylic acids is 2. The molecule has 1 aliphatic heterocycles. The van der Waals surface area contributed by atoms with Crippen LogP contribution < -0.4 is 10.2 Å². The van der Waals surface area contributed by atoms with Gasteiger partial charge in [0.2, 0.25) is 0 Å². The summed E-state index contributed by atoms with van der Waals surface area (Å²) in [6.45, 7) is 6.84. The molecule has 5 nitrogen and oxygen atoms in total. The zero-order valence-electron chi connectivity index (χ0n) is 18.1. The molecule has 2 aromatic carbocycles. The highest BCUT2D eigenvalue weighted by atomic mass is 16.5. The highest BCUT2D eigenvalue weighted by Crippen LogP contribution is 2.25. The first kappa shape index (κ1) is 21.9. The summed E-state index contributed by atoms with van der Waals surface area (Å²) in [6.07, 6.45) is 5.24. The number of piperidine rings is 1. The van der Waals surface area contributed by atoms with Crippen molar-refractivity contribution >= 4 is 17.6 Å². The molecular weight excluding hydrogens is 376 g/mol. The minimum absolute atomic E-state index is 0.0194. The van der Waals surface area contributed by atoms with Gasteiger partial charge in [-0.1, -0.05) is 25.1 Å². The van der Waals surface area contributed by atoms with Crippen LogP contribution in [0.2, 0.25) is 0 Å². The molecule has 1 saturated heterocycles. The molecule has 0 atom stereocenters. The Balaban J connectivity index is 1.62. The number of esters is 1. The number of nitrogens with zero attached hydrogens (tertiary/aromatic N) is 1. The van der Waals surface area contributed by atoms with Crippen molar-refractivity contribution in [2.24, 2.45) is 0 Å². The van der Waals surface area contributed by atoms with Crippen LogP contribution in [-0.4, -0.2) is 38.1 Å². The molecule has 1 fully saturated rings. The Morgan fingerprint density at radius 3 is 2.33 bits per heavy atom. The average Bonchev–Trinajstić information content (AvgIpc) is 2.79. The van der Waals surface area contributed by atoms with Crippen LogP contribution in [0.4, 0.5) is 5.69 Å². The van der Waals surface area contributed by atoms with E-state index in [2.05, 4.69) is 29.3 Å². The second-order valence-electron chi connectivity index (χ2n) is 7.68. The Labute approximate surface area is 179 Å². The molecule has 0 radical (unpaired) electrons. The maximum atomic E-state index is 13.0. The Bertz CT molecular complexity index is 855. The fraction of sp³-hybridized carbons (Fsp3) is 0.440. The largest absolute Gasteiger partial charge is 0.462 e. The van der Waals surface area contributed by atoms with Crippen molar-refractivity contribution in [3.8, 4) is 0 Å². The summed E-state index contributed by atoms with van der Waals surface area (Å²) >= 11 is 0. The number of rotatable bonds is 8. The second-order valence-corrected chi connectivity index (χ2v) is 7.68. The fourth-order valence-corrected chi connectivity index (χ4v) is 3.83. The van der Waals surface area contributed by atoms with Crippen LogP contribution in [0.15, 0.2) is 42.5 Å². The summed E-state index contributed by atoms with van der Waals surface area (Å²) in [6, 6.07) is 13.6. The van der Waals surface area contributed by atoms with Crippen molar-refractivity contribution in [3.05, 3.63) is 64.7 Å². The molecule has 30 heavy (non-hydrogen) atoms. The van der Waals surface area contributed by atoms with Crippen LogP contribution in [0.1, 0.15) is 65.0 Å². The zero-order chi connectivity index (χ0) is 21.3. The Morgan fingerprint density at radius 2 is 1.67 bits per heavy atom. The van der Waals surface area contributed by atoms with Gasteiger partial charge < -0.3 is 15.0 Å². The lowest BCUT2D eigenvalue weighted by Gasteiger charge is -2.30. The first-order chi connectivity index (χ1) is 14.6. The summed E-state index contributed by atoms with van der Waals surface area (Å²) in [5.74, 6) is -0.326. The molecule has 0 aromatic heterocycles. The maximum absolute atomic E-state index is 13.0. The molecule has 0 saturated carbocycles. The van der Waals surface area contributed by atoms with Gasteiger partial charge in [0, 0.05) is 25.3 Å². The number of benzene rings is 2. The van der Waals surface area contributed by atoms with Crippen molar-refractivity contribution in [3.63, 3.8) is 0 Å². The van der Waals surface area contributed by atoms with Crippen molar-refractivity contribution in [1.29, 1.82) is 0 Å². The van der Waals surface area contributed by atoms with Crippen molar-refractivity contribution < 1.29 is 14.3 Å². The van der Waals surface area contributed by atoms with Gasteiger partial charge in [-0.25, -0.2) is 4.79 Å². The third-order valence-corrected chi connectivity index (χ3v) is 5.57. The summed E-state index contributed by atoms with van der Waals surface area (Å²) in [7, 11) is 0. The van der Waals surface area contributed by atoms with Crippen LogP contribution in [0.5, 0.6) is 0 Å². The number of nitrogens with one attached hydrogen (secondary N) is 1. The number of anilines is 1. The van der Waals surface area contributed by atoms with E-state index in [4.69, 9.17) is 4.74 Å². The van der Waals surface area contributed by atoms with E-state index in [-0.39, 0.29) is 11.9 Å². The van der Waals surface area contributed by atoms with E-state index in [9.17, 15) is 9.59 Å². The van der Waals surface area contributed by atoms with Crippen LogP contribution in [0.25, 0.3) is 0 Å². The van der Waals surface area contributed by atoms with Crippen LogP contribution in [0.3, 0.4) is 0 Å². The van der Waals surface area contributed by atoms with E-state index in [1.165, 1.54) is 24.8 Å². The van der Waals surface area contributed by atoms with Gasteiger partial charge in [0.15, 0.2) is 0 Å².